The molecule has 0 aliphatic heterocycles. The van der Waals surface area contributed by atoms with E-state index in [2.05, 4.69) is 15.3 Å². The normalized spacial score (nSPS) is 15.6. The monoisotopic (exact) mass is 397 g/mol. The van der Waals surface area contributed by atoms with Crippen LogP contribution in [0.3, 0.4) is 0 Å². The fraction of sp³-hybridized carbons (Fsp3) is 0.455. The Morgan fingerprint density at radius 1 is 1.17 bits per heavy atom. The van der Waals surface area contributed by atoms with Gasteiger partial charge in [-0.15, -0.1) is 0 Å². The number of amides is 1. The van der Waals surface area contributed by atoms with Crippen LogP contribution in [0.25, 0.3) is 11.4 Å². The van der Waals surface area contributed by atoms with Gasteiger partial charge in [-0.3, -0.25) is 14.4 Å². The highest BCUT2D eigenvalue weighted by atomic mass is 16.4. The van der Waals surface area contributed by atoms with E-state index >= 15 is 0 Å². The molecule has 1 aromatic carbocycles. The van der Waals surface area contributed by atoms with E-state index in [0.29, 0.717) is 29.2 Å². The molecule has 29 heavy (non-hydrogen) atoms. The molecule has 7 heteroatoms. The summed E-state index contributed by atoms with van der Waals surface area (Å²) in [6.45, 7) is 1.93. The largest absolute Gasteiger partial charge is 0.481 e. The lowest BCUT2D eigenvalue weighted by Crippen LogP contribution is -2.32. The number of aryl methyl sites for hydroxylation is 1. The summed E-state index contributed by atoms with van der Waals surface area (Å²) < 4.78 is 0. The second kappa shape index (κ2) is 9.03. The molecule has 3 rings (SSSR count). The maximum atomic E-state index is 12.7. The van der Waals surface area contributed by atoms with Gasteiger partial charge in [0.25, 0.3) is 5.56 Å². The Hall–Kier alpha value is -2.96. The van der Waals surface area contributed by atoms with Crippen LogP contribution in [0.5, 0.6) is 0 Å². The predicted molar refractivity (Wildman–Crippen MR) is 111 cm³/mol. The zero-order chi connectivity index (χ0) is 20.9. The summed E-state index contributed by atoms with van der Waals surface area (Å²) in [6.07, 6.45) is 5.42. The molecule has 1 aromatic heterocycles. The summed E-state index contributed by atoms with van der Waals surface area (Å²) in [7, 11) is 0. The molecule has 7 nitrogen and oxygen atoms in total. The lowest BCUT2D eigenvalue weighted by atomic mass is 9.69. The van der Waals surface area contributed by atoms with Gasteiger partial charge in [0.15, 0.2) is 0 Å². The number of hydrogen-bond acceptors (Lipinski definition) is 4. The molecular weight excluding hydrogens is 370 g/mol. The van der Waals surface area contributed by atoms with Gasteiger partial charge in [0, 0.05) is 29.4 Å². The molecule has 1 saturated carbocycles. The van der Waals surface area contributed by atoms with Crippen LogP contribution in [0.1, 0.15) is 57.6 Å². The number of carbonyl (C=O) groups is 2. The lowest BCUT2D eigenvalue weighted by Gasteiger charge is -2.35. The van der Waals surface area contributed by atoms with Crippen LogP contribution < -0.4 is 10.9 Å². The number of nitrogens with zero attached hydrogens (tertiary/aromatic N) is 1. The van der Waals surface area contributed by atoms with Gasteiger partial charge in [-0.2, -0.15) is 0 Å². The van der Waals surface area contributed by atoms with Gasteiger partial charge in [-0.1, -0.05) is 38.3 Å². The number of aromatic nitrogens is 2. The third-order valence-corrected chi connectivity index (χ3v) is 5.55. The Balaban J connectivity index is 1.76. The summed E-state index contributed by atoms with van der Waals surface area (Å²) in [6, 6.07) is 8.62. The van der Waals surface area contributed by atoms with Crippen molar-refractivity contribution in [3.8, 4) is 11.4 Å². The number of anilines is 1. The third kappa shape index (κ3) is 5.53. The van der Waals surface area contributed by atoms with Crippen LogP contribution in [-0.4, -0.2) is 27.0 Å². The predicted octanol–water partition coefficient (Wildman–Crippen LogP) is 3.75. The Morgan fingerprint density at radius 2 is 1.93 bits per heavy atom. The van der Waals surface area contributed by atoms with Gasteiger partial charge in [-0.25, -0.2) is 4.98 Å². The minimum atomic E-state index is -0.854. The van der Waals surface area contributed by atoms with Crippen molar-refractivity contribution >= 4 is 17.6 Å². The highest BCUT2D eigenvalue weighted by Gasteiger charge is 2.36. The average Bonchev–Trinajstić information content (AvgIpc) is 2.67. The van der Waals surface area contributed by atoms with E-state index in [1.165, 1.54) is 6.07 Å². The van der Waals surface area contributed by atoms with E-state index in [9.17, 15) is 19.5 Å². The molecule has 0 radical (unpaired) electrons. The zero-order valence-electron chi connectivity index (χ0n) is 16.7. The molecule has 1 amide bonds. The lowest BCUT2D eigenvalue weighted by molar-refractivity contribution is -0.140. The molecule has 1 aliphatic rings. The molecule has 1 heterocycles. The van der Waals surface area contributed by atoms with Crippen molar-refractivity contribution in [3.63, 3.8) is 0 Å². The van der Waals surface area contributed by atoms with Crippen LogP contribution in [0.2, 0.25) is 0 Å². The van der Waals surface area contributed by atoms with Gasteiger partial charge in [0.1, 0.15) is 5.82 Å². The molecule has 0 unspecified atom stereocenters. The Morgan fingerprint density at radius 3 is 2.62 bits per heavy atom. The first-order valence-corrected chi connectivity index (χ1v) is 10.1. The molecule has 0 bridgehead atoms. The van der Waals surface area contributed by atoms with E-state index in [1.807, 2.05) is 13.0 Å². The van der Waals surface area contributed by atoms with Crippen LogP contribution in [-0.2, 0) is 16.0 Å². The van der Waals surface area contributed by atoms with E-state index in [1.54, 1.807) is 18.2 Å². The fourth-order valence-corrected chi connectivity index (χ4v) is 4.15. The average molecular weight is 397 g/mol. The number of carbonyl (C=O) groups excluding carboxylic acids is 1. The number of rotatable bonds is 7. The molecule has 3 N–H and O–H groups in total. The third-order valence-electron chi connectivity index (χ3n) is 5.55. The highest BCUT2D eigenvalue weighted by molar-refractivity contribution is 5.92. The van der Waals surface area contributed by atoms with Crippen molar-refractivity contribution < 1.29 is 14.7 Å². The number of carboxylic acid groups (broad SMARTS) is 1. The van der Waals surface area contributed by atoms with E-state index in [4.69, 9.17) is 0 Å². The molecule has 0 atom stereocenters. The molecule has 1 aliphatic carbocycles. The van der Waals surface area contributed by atoms with Gasteiger partial charge >= 0.3 is 5.97 Å². The first-order valence-electron chi connectivity index (χ1n) is 10.1. The zero-order valence-corrected chi connectivity index (χ0v) is 16.7. The van der Waals surface area contributed by atoms with E-state index in [-0.39, 0.29) is 24.3 Å². The van der Waals surface area contributed by atoms with Crippen LogP contribution in [0.15, 0.2) is 35.1 Å². The van der Waals surface area contributed by atoms with Gasteiger partial charge in [0.05, 0.1) is 6.42 Å². The number of aromatic amines is 1. The number of benzene rings is 1. The number of aliphatic carboxylic acids is 1. The van der Waals surface area contributed by atoms with Gasteiger partial charge < -0.3 is 15.4 Å². The molecule has 0 saturated heterocycles. The highest BCUT2D eigenvalue weighted by Crippen LogP contribution is 2.42. The number of carboxylic acids is 1. The summed E-state index contributed by atoms with van der Waals surface area (Å²) in [4.78, 5) is 43.0. The summed E-state index contributed by atoms with van der Waals surface area (Å²) >= 11 is 0. The number of H-pyrrole nitrogens is 1. The molecule has 2 aromatic rings. The minimum absolute atomic E-state index is 0.0232. The Kier molecular flexibility index (Phi) is 6.46. The van der Waals surface area contributed by atoms with Crippen LogP contribution in [0, 0.1) is 5.41 Å². The van der Waals surface area contributed by atoms with E-state index in [0.717, 1.165) is 32.1 Å². The number of nitrogens with one attached hydrogen (secondary N) is 2. The van der Waals surface area contributed by atoms with Crippen molar-refractivity contribution in [2.45, 2.75) is 58.3 Å². The minimum Gasteiger partial charge on any atom is -0.481 e. The molecular formula is C22H27N3O4. The van der Waals surface area contributed by atoms with Crippen molar-refractivity contribution in [1.29, 1.82) is 0 Å². The van der Waals surface area contributed by atoms with Crippen LogP contribution >= 0.6 is 0 Å². The van der Waals surface area contributed by atoms with E-state index < -0.39 is 11.4 Å². The number of hydrogen-bond donors (Lipinski definition) is 3. The molecule has 0 spiro atoms. The van der Waals surface area contributed by atoms with Gasteiger partial charge in [-0.05, 0) is 36.8 Å². The summed E-state index contributed by atoms with van der Waals surface area (Å²) in [5.41, 5.74) is 1.32. The second-order valence-electron chi connectivity index (χ2n) is 7.88. The quantitative estimate of drug-likeness (QED) is 0.659. The second-order valence-corrected chi connectivity index (χ2v) is 7.88. The van der Waals surface area contributed by atoms with Gasteiger partial charge in [0.2, 0.25) is 5.91 Å². The molecule has 1 fully saturated rings. The summed E-state index contributed by atoms with van der Waals surface area (Å²) in [5.74, 6) is -0.582. The molecule has 154 valence electrons. The Labute approximate surface area is 169 Å². The summed E-state index contributed by atoms with van der Waals surface area (Å²) in [5, 5.41) is 12.2. The van der Waals surface area contributed by atoms with Crippen molar-refractivity contribution in [2.75, 3.05) is 5.32 Å². The standard InChI is InChI=1S/C22H27N3O4/c1-2-16-12-18(26)25-21(24-16)15-7-6-8-17(11-15)23-19(27)13-22(14-20(28)29)9-4-3-5-10-22/h6-8,11-12H,2-5,9-10,13-14H2,1H3,(H,23,27)(H,28,29)(H,24,25,26). The smallest absolute Gasteiger partial charge is 0.303 e. The van der Waals surface area contributed by atoms with Crippen molar-refractivity contribution in [1.82, 2.24) is 9.97 Å². The van der Waals surface area contributed by atoms with Crippen LogP contribution in [0.4, 0.5) is 5.69 Å². The first kappa shape index (κ1) is 20.8. The Bertz CT molecular complexity index is 945. The van der Waals surface area contributed by atoms with Crippen molar-refractivity contribution in [3.05, 3.63) is 46.4 Å². The first-order chi connectivity index (χ1) is 13.9. The van der Waals surface area contributed by atoms with Crippen molar-refractivity contribution in [2.24, 2.45) is 5.41 Å². The maximum Gasteiger partial charge on any atom is 0.303 e. The fourth-order valence-electron chi connectivity index (χ4n) is 4.15. The topological polar surface area (TPSA) is 112 Å². The SMILES string of the molecule is CCc1cc(=O)[nH]c(-c2cccc(NC(=O)CC3(CC(=O)O)CCCCC3)c2)n1. The maximum absolute atomic E-state index is 12.7.